The lowest BCUT2D eigenvalue weighted by molar-refractivity contribution is 0.0706. The van der Waals surface area contributed by atoms with E-state index in [1.165, 1.54) is 22.4 Å². The Balaban J connectivity index is 1.73. The van der Waals surface area contributed by atoms with Crippen molar-refractivity contribution in [1.29, 1.82) is 0 Å². The lowest BCUT2D eigenvalue weighted by Gasteiger charge is -2.46. The standard InChI is InChI=1S/C24H25N3O/c1-6-23(4)19-11-15(2)16(3)12-20(19)27(5)24(23)14-26-22-18-13-25-10-9-17(18)7-8-21(22)28-24/h7-14H,6H2,1-5H3. The molecule has 142 valence electrons. The third-order valence-corrected chi connectivity index (χ3v) is 6.96. The zero-order chi connectivity index (χ0) is 19.7. The van der Waals surface area contributed by atoms with Crippen LogP contribution in [0.25, 0.3) is 10.8 Å². The average Bonchev–Trinajstić information content (AvgIpc) is 2.88. The molecular formula is C24H25N3O. The Labute approximate surface area is 165 Å². The molecule has 2 unspecified atom stereocenters. The van der Waals surface area contributed by atoms with E-state index in [4.69, 9.17) is 9.73 Å². The minimum atomic E-state index is -0.646. The number of hydrogen-bond acceptors (Lipinski definition) is 4. The first-order valence-electron chi connectivity index (χ1n) is 9.88. The fraction of sp³-hybridized carbons (Fsp3) is 0.333. The molecule has 0 N–H and O–H groups in total. The summed E-state index contributed by atoms with van der Waals surface area (Å²) in [6.07, 6.45) is 6.63. The molecule has 0 amide bonds. The van der Waals surface area contributed by atoms with Crippen LogP contribution < -0.4 is 9.64 Å². The van der Waals surface area contributed by atoms with Gasteiger partial charge < -0.3 is 9.64 Å². The van der Waals surface area contributed by atoms with Gasteiger partial charge in [0.2, 0.25) is 5.72 Å². The van der Waals surface area contributed by atoms with Gasteiger partial charge in [0.05, 0.1) is 11.6 Å². The summed E-state index contributed by atoms with van der Waals surface area (Å²) in [5.41, 5.74) is 5.18. The smallest absolute Gasteiger partial charge is 0.228 e. The second-order valence-electron chi connectivity index (χ2n) is 8.26. The number of anilines is 1. The number of pyridine rings is 1. The summed E-state index contributed by atoms with van der Waals surface area (Å²) in [5.74, 6) is 0.816. The second-order valence-corrected chi connectivity index (χ2v) is 8.26. The third kappa shape index (κ3) is 1.95. The minimum Gasteiger partial charge on any atom is -0.459 e. The number of aliphatic imine (C=N–C) groups is 1. The van der Waals surface area contributed by atoms with E-state index in [1.54, 1.807) is 0 Å². The van der Waals surface area contributed by atoms with Crippen molar-refractivity contribution in [3.8, 4) is 5.75 Å². The van der Waals surface area contributed by atoms with Gasteiger partial charge in [0.15, 0.2) is 0 Å². The Bertz CT molecular complexity index is 1150. The molecular weight excluding hydrogens is 346 g/mol. The molecule has 2 aliphatic heterocycles. The first kappa shape index (κ1) is 17.2. The quantitative estimate of drug-likeness (QED) is 0.570. The highest BCUT2D eigenvalue weighted by Crippen LogP contribution is 2.56. The van der Waals surface area contributed by atoms with Gasteiger partial charge in [-0.25, -0.2) is 0 Å². The SMILES string of the molecule is CCC1(C)c2cc(C)c(C)cc2N(C)C12C=Nc1c(ccc3ccncc13)O2. The predicted octanol–water partition coefficient (Wildman–Crippen LogP) is 5.46. The normalized spacial score (nSPS) is 25.1. The number of benzene rings is 2. The van der Waals surface area contributed by atoms with Gasteiger partial charge in [-0.15, -0.1) is 0 Å². The lowest BCUT2D eigenvalue weighted by Crippen LogP contribution is -2.61. The highest BCUT2D eigenvalue weighted by molar-refractivity contribution is 5.99. The number of likely N-dealkylation sites (N-methyl/N-ethyl adjacent to an activating group) is 1. The first-order valence-corrected chi connectivity index (χ1v) is 9.88. The van der Waals surface area contributed by atoms with E-state index >= 15 is 0 Å². The van der Waals surface area contributed by atoms with Gasteiger partial charge >= 0.3 is 0 Å². The highest BCUT2D eigenvalue weighted by Gasteiger charge is 2.60. The largest absolute Gasteiger partial charge is 0.459 e. The van der Waals surface area contributed by atoms with Gasteiger partial charge in [0, 0.05) is 30.5 Å². The van der Waals surface area contributed by atoms with Gasteiger partial charge in [-0.3, -0.25) is 9.98 Å². The monoisotopic (exact) mass is 371 g/mol. The van der Waals surface area contributed by atoms with Gasteiger partial charge in [-0.1, -0.05) is 19.1 Å². The Morgan fingerprint density at radius 1 is 1.11 bits per heavy atom. The van der Waals surface area contributed by atoms with E-state index in [0.29, 0.717) is 0 Å². The zero-order valence-corrected chi connectivity index (χ0v) is 17.1. The van der Waals surface area contributed by atoms with Crippen LogP contribution in [0.4, 0.5) is 11.4 Å². The maximum absolute atomic E-state index is 6.82. The topological polar surface area (TPSA) is 37.7 Å². The van der Waals surface area contributed by atoms with Crippen molar-refractivity contribution in [3.05, 3.63) is 59.4 Å². The summed E-state index contributed by atoms with van der Waals surface area (Å²) in [6.45, 7) is 8.88. The van der Waals surface area contributed by atoms with Crippen molar-refractivity contribution in [2.24, 2.45) is 4.99 Å². The molecule has 5 rings (SSSR count). The van der Waals surface area contributed by atoms with Gasteiger partial charge in [0.1, 0.15) is 11.4 Å². The predicted molar refractivity (Wildman–Crippen MR) is 115 cm³/mol. The van der Waals surface area contributed by atoms with Crippen molar-refractivity contribution >= 4 is 28.4 Å². The van der Waals surface area contributed by atoms with Gasteiger partial charge in [-0.05, 0) is 67.5 Å². The van der Waals surface area contributed by atoms with Crippen molar-refractivity contribution in [2.75, 3.05) is 11.9 Å². The summed E-state index contributed by atoms with van der Waals surface area (Å²) in [6, 6.07) is 10.7. The molecule has 0 saturated carbocycles. The molecule has 3 aromatic rings. The number of aryl methyl sites for hydroxylation is 2. The van der Waals surface area contributed by atoms with E-state index in [9.17, 15) is 0 Å². The molecule has 2 aliphatic rings. The van der Waals surface area contributed by atoms with Gasteiger partial charge in [-0.2, -0.15) is 0 Å². The summed E-state index contributed by atoms with van der Waals surface area (Å²) in [4.78, 5) is 11.5. The molecule has 0 aliphatic carbocycles. The number of fused-ring (bicyclic) bond motifs is 4. The number of ether oxygens (including phenoxy) is 1. The molecule has 28 heavy (non-hydrogen) atoms. The van der Waals surface area contributed by atoms with Crippen LogP contribution >= 0.6 is 0 Å². The maximum Gasteiger partial charge on any atom is 0.228 e. The minimum absolute atomic E-state index is 0.208. The number of nitrogens with zero attached hydrogens (tertiary/aromatic N) is 3. The molecule has 1 aromatic heterocycles. The number of hydrogen-bond donors (Lipinski definition) is 0. The molecule has 2 aromatic carbocycles. The van der Waals surface area contributed by atoms with Crippen LogP contribution in [0.15, 0.2) is 47.7 Å². The van der Waals surface area contributed by atoms with E-state index in [1.807, 2.05) is 30.7 Å². The molecule has 4 heteroatoms. The summed E-state index contributed by atoms with van der Waals surface area (Å²) >= 11 is 0. The van der Waals surface area contributed by atoms with Crippen LogP contribution in [0.5, 0.6) is 5.75 Å². The molecule has 0 bridgehead atoms. The Morgan fingerprint density at radius 2 is 1.89 bits per heavy atom. The van der Waals surface area contributed by atoms with E-state index in [2.05, 4.69) is 62.8 Å². The van der Waals surface area contributed by atoms with Crippen molar-refractivity contribution in [2.45, 2.75) is 45.3 Å². The summed E-state index contributed by atoms with van der Waals surface area (Å²) in [7, 11) is 2.12. The molecule has 0 radical (unpaired) electrons. The van der Waals surface area contributed by atoms with Crippen molar-refractivity contribution < 1.29 is 4.74 Å². The van der Waals surface area contributed by atoms with Crippen LogP contribution in [-0.2, 0) is 5.41 Å². The van der Waals surface area contributed by atoms with Crippen molar-refractivity contribution in [3.63, 3.8) is 0 Å². The highest BCUT2D eigenvalue weighted by atomic mass is 16.5. The fourth-order valence-electron chi connectivity index (χ4n) is 4.80. The molecule has 0 fully saturated rings. The summed E-state index contributed by atoms with van der Waals surface area (Å²) in [5, 5.41) is 2.15. The molecule has 2 atom stereocenters. The van der Waals surface area contributed by atoms with E-state index in [-0.39, 0.29) is 5.41 Å². The number of rotatable bonds is 1. The molecule has 0 saturated heterocycles. The molecule has 1 spiro atoms. The van der Waals surface area contributed by atoms with Crippen LogP contribution in [0.1, 0.15) is 37.0 Å². The summed E-state index contributed by atoms with van der Waals surface area (Å²) < 4.78 is 6.82. The lowest BCUT2D eigenvalue weighted by atomic mass is 9.73. The Morgan fingerprint density at radius 3 is 2.68 bits per heavy atom. The zero-order valence-electron chi connectivity index (χ0n) is 17.1. The second kappa shape index (κ2) is 5.57. The van der Waals surface area contributed by atoms with Crippen molar-refractivity contribution in [1.82, 2.24) is 4.98 Å². The Kier molecular flexibility index (Phi) is 3.43. The van der Waals surface area contributed by atoms with Crippen LogP contribution in [0, 0.1) is 13.8 Å². The first-order chi connectivity index (χ1) is 13.4. The third-order valence-electron chi connectivity index (χ3n) is 6.96. The van der Waals surface area contributed by atoms with Gasteiger partial charge in [0.25, 0.3) is 0 Å². The maximum atomic E-state index is 6.82. The van der Waals surface area contributed by atoms with Crippen LogP contribution in [-0.4, -0.2) is 24.0 Å². The van der Waals surface area contributed by atoms with E-state index in [0.717, 1.165) is 28.6 Å². The molecule has 4 nitrogen and oxygen atoms in total. The fourth-order valence-corrected chi connectivity index (χ4v) is 4.80. The Hall–Kier alpha value is -2.88. The molecule has 3 heterocycles. The van der Waals surface area contributed by atoms with Crippen LogP contribution in [0.3, 0.4) is 0 Å². The van der Waals surface area contributed by atoms with E-state index < -0.39 is 5.72 Å². The number of aromatic nitrogens is 1. The average molecular weight is 371 g/mol. The van der Waals surface area contributed by atoms with Crippen LogP contribution in [0.2, 0.25) is 0 Å².